The van der Waals surface area contributed by atoms with Crippen molar-refractivity contribution < 1.29 is 4.74 Å². The van der Waals surface area contributed by atoms with Crippen LogP contribution >= 0.6 is 0 Å². The van der Waals surface area contributed by atoms with Crippen molar-refractivity contribution in [3.8, 4) is 11.8 Å². The number of aromatic nitrogens is 3. The zero-order chi connectivity index (χ0) is 17.9. The highest BCUT2D eigenvalue weighted by Crippen LogP contribution is 2.22. The fraction of sp³-hybridized carbons (Fsp3) is 0.286. The average Bonchev–Trinajstić information content (AvgIpc) is 3.08. The van der Waals surface area contributed by atoms with Crippen molar-refractivity contribution in [2.45, 2.75) is 19.4 Å². The Morgan fingerprint density at radius 1 is 1.27 bits per heavy atom. The molecule has 1 aliphatic heterocycles. The van der Waals surface area contributed by atoms with E-state index in [0.717, 1.165) is 36.5 Å². The molecule has 0 fully saturated rings. The molecule has 1 atom stereocenters. The van der Waals surface area contributed by atoms with Gasteiger partial charge in [0.2, 0.25) is 0 Å². The first-order valence-corrected chi connectivity index (χ1v) is 8.70. The fourth-order valence-electron chi connectivity index (χ4n) is 3.32. The molecule has 2 aromatic heterocycles. The number of fused-ring (bicyclic) bond motifs is 2. The summed E-state index contributed by atoms with van der Waals surface area (Å²) in [6.45, 7) is 1.43. The van der Waals surface area contributed by atoms with Crippen LogP contribution in [0.4, 0.5) is 0 Å². The van der Waals surface area contributed by atoms with Gasteiger partial charge in [-0.15, -0.1) is 0 Å². The molecule has 5 heteroatoms. The van der Waals surface area contributed by atoms with Crippen LogP contribution in [-0.2, 0) is 17.7 Å². The quantitative estimate of drug-likeness (QED) is 0.684. The summed E-state index contributed by atoms with van der Waals surface area (Å²) in [6.07, 6.45) is 3.48. The number of pyridine rings is 1. The van der Waals surface area contributed by atoms with Gasteiger partial charge in [-0.05, 0) is 48.6 Å². The van der Waals surface area contributed by atoms with Crippen LogP contribution in [0.5, 0.6) is 0 Å². The summed E-state index contributed by atoms with van der Waals surface area (Å²) in [5.41, 5.74) is 2.29. The topological polar surface area (TPSA) is 57.0 Å². The van der Waals surface area contributed by atoms with Crippen molar-refractivity contribution >= 4 is 10.9 Å². The van der Waals surface area contributed by atoms with Crippen molar-refractivity contribution in [3.63, 3.8) is 0 Å². The van der Waals surface area contributed by atoms with Crippen LogP contribution in [0, 0.1) is 17.8 Å². The van der Waals surface area contributed by atoms with E-state index in [1.54, 1.807) is 13.3 Å². The van der Waals surface area contributed by atoms with Crippen LogP contribution in [0.1, 0.15) is 23.5 Å². The molecule has 1 unspecified atom stereocenters. The molecule has 3 aromatic rings. The van der Waals surface area contributed by atoms with Gasteiger partial charge < -0.3 is 4.74 Å². The van der Waals surface area contributed by atoms with Crippen LogP contribution in [0.2, 0.25) is 0 Å². The second-order valence-corrected chi connectivity index (χ2v) is 6.49. The van der Waals surface area contributed by atoms with Gasteiger partial charge in [0.25, 0.3) is 5.56 Å². The Morgan fingerprint density at radius 2 is 2.19 bits per heavy atom. The van der Waals surface area contributed by atoms with Crippen LogP contribution in [0.15, 0.2) is 47.4 Å². The number of ether oxygens (including phenoxy) is 1. The van der Waals surface area contributed by atoms with Gasteiger partial charge in [0.05, 0.1) is 10.9 Å². The maximum Gasteiger partial charge on any atom is 0.261 e. The molecule has 0 saturated carbocycles. The first kappa shape index (κ1) is 16.5. The third-order valence-electron chi connectivity index (χ3n) is 4.68. The molecule has 0 bridgehead atoms. The number of hydrogen-bond donors (Lipinski definition) is 0. The number of nitrogens with zero attached hydrogens (tertiary/aromatic N) is 3. The standard InChI is InChI=1S/C21H19N3O2/c1-26-11-9-16-13-20-23-19-12-15(5-7-17-4-2-3-10-22-17)6-8-18(19)21(25)24(20)14-16/h2-4,6,8,10,12,16H,9,11,13-14H2,1H3. The number of hydrogen-bond acceptors (Lipinski definition) is 4. The van der Waals surface area contributed by atoms with E-state index in [4.69, 9.17) is 9.72 Å². The van der Waals surface area contributed by atoms with Crippen LogP contribution in [0.3, 0.4) is 0 Å². The number of methoxy groups -OCH3 is 1. The predicted octanol–water partition coefficient (Wildman–Crippen LogP) is 2.40. The fourth-order valence-corrected chi connectivity index (χ4v) is 3.32. The number of benzene rings is 1. The van der Waals surface area contributed by atoms with Gasteiger partial charge in [-0.25, -0.2) is 9.97 Å². The molecule has 0 amide bonds. The molecule has 3 heterocycles. The Hall–Kier alpha value is -2.97. The summed E-state index contributed by atoms with van der Waals surface area (Å²) >= 11 is 0. The van der Waals surface area contributed by atoms with Gasteiger partial charge in [0.1, 0.15) is 11.5 Å². The minimum atomic E-state index is 0.0363. The third kappa shape index (κ3) is 3.24. The highest BCUT2D eigenvalue weighted by Gasteiger charge is 2.24. The molecule has 1 aliphatic rings. The molecule has 5 nitrogen and oxygen atoms in total. The number of rotatable bonds is 3. The van der Waals surface area contributed by atoms with Crippen LogP contribution in [0.25, 0.3) is 10.9 Å². The SMILES string of the molecule is COCCC1Cc2nc3cc(C#Cc4ccccn4)ccc3c(=O)n2C1. The monoisotopic (exact) mass is 345 g/mol. The Bertz CT molecular complexity index is 1060. The molecule has 0 aliphatic carbocycles. The summed E-state index contributed by atoms with van der Waals surface area (Å²) < 4.78 is 6.97. The first-order valence-electron chi connectivity index (χ1n) is 8.70. The molecular formula is C21H19N3O2. The highest BCUT2D eigenvalue weighted by molar-refractivity contribution is 5.79. The van der Waals surface area contributed by atoms with Gasteiger partial charge in [-0.3, -0.25) is 9.36 Å². The Morgan fingerprint density at radius 3 is 3.00 bits per heavy atom. The van der Waals surface area contributed by atoms with Crippen molar-refractivity contribution in [2.24, 2.45) is 5.92 Å². The minimum Gasteiger partial charge on any atom is -0.385 e. The summed E-state index contributed by atoms with van der Waals surface area (Å²) in [6, 6.07) is 11.2. The second kappa shape index (κ2) is 7.11. The summed E-state index contributed by atoms with van der Waals surface area (Å²) in [5, 5.41) is 0.643. The van der Waals surface area contributed by atoms with Crippen molar-refractivity contribution in [3.05, 3.63) is 70.0 Å². The molecule has 0 spiro atoms. The average molecular weight is 345 g/mol. The van der Waals surface area contributed by atoms with Crippen molar-refractivity contribution in [1.82, 2.24) is 14.5 Å². The lowest BCUT2D eigenvalue weighted by Gasteiger charge is -2.06. The largest absolute Gasteiger partial charge is 0.385 e. The van der Waals surface area contributed by atoms with Gasteiger partial charge in [0, 0.05) is 38.4 Å². The van der Waals surface area contributed by atoms with Gasteiger partial charge >= 0.3 is 0 Å². The summed E-state index contributed by atoms with van der Waals surface area (Å²) in [5.74, 6) is 7.41. The highest BCUT2D eigenvalue weighted by atomic mass is 16.5. The Kier molecular flexibility index (Phi) is 4.51. The van der Waals surface area contributed by atoms with Gasteiger partial charge in [0.15, 0.2) is 0 Å². The zero-order valence-corrected chi connectivity index (χ0v) is 14.6. The smallest absolute Gasteiger partial charge is 0.261 e. The van der Waals surface area contributed by atoms with Crippen molar-refractivity contribution in [1.29, 1.82) is 0 Å². The van der Waals surface area contributed by atoms with E-state index in [-0.39, 0.29) is 5.56 Å². The Labute approximate surface area is 151 Å². The third-order valence-corrected chi connectivity index (χ3v) is 4.68. The molecule has 4 rings (SSSR count). The predicted molar refractivity (Wildman–Crippen MR) is 99.9 cm³/mol. The van der Waals surface area contributed by atoms with E-state index < -0.39 is 0 Å². The lowest BCUT2D eigenvalue weighted by atomic mass is 10.1. The van der Waals surface area contributed by atoms with E-state index in [1.807, 2.05) is 41.0 Å². The molecule has 26 heavy (non-hydrogen) atoms. The lowest BCUT2D eigenvalue weighted by Crippen LogP contribution is -2.21. The molecule has 0 radical (unpaired) electrons. The van der Waals surface area contributed by atoms with E-state index in [2.05, 4.69) is 16.8 Å². The molecule has 0 saturated heterocycles. The zero-order valence-electron chi connectivity index (χ0n) is 14.6. The van der Waals surface area contributed by atoms with Crippen molar-refractivity contribution in [2.75, 3.05) is 13.7 Å². The molecule has 1 aromatic carbocycles. The van der Waals surface area contributed by atoms with E-state index in [9.17, 15) is 4.79 Å². The minimum absolute atomic E-state index is 0.0363. The Balaban J connectivity index is 1.67. The van der Waals surface area contributed by atoms with E-state index in [0.29, 0.717) is 23.4 Å². The lowest BCUT2D eigenvalue weighted by molar-refractivity contribution is 0.177. The normalized spacial score (nSPS) is 15.5. The van der Waals surface area contributed by atoms with Gasteiger partial charge in [-0.1, -0.05) is 12.0 Å². The molecular weight excluding hydrogens is 326 g/mol. The molecule has 130 valence electrons. The van der Waals surface area contributed by atoms with Gasteiger partial charge in [-0.2, -0.15) is 0 Å². The van der Waals surface area contributed by atoms with Crippen LogP contribution < -0.4 is 5.56 Å². The summed E-state index contributed by atoms with van der Waals surface area (Å²) in [7, 11) is 1.70. The maximum absolute atomic E-state index is 12.8. The maximum atomic E-state index is 12.8. The first-order chi connectivity index (χ1) is 12.7. The second-order valence-electron chi connectivity index (χ2n) is 6.49. The summed E-state index contributed by atoms with van der Waals surface area (Å²) in [4.78, 5) is 21.7. The van der Waals surface area contributed by atoms with E-state index in [1.165, 1.54) is 0 Å². The van der Waals surface area contributed by atoms with Crippen LogP contribution in [-0.4, -0.2) is 28.3 Å². The molecule has 0 N–H and O–H groups in total. The van der Waals surface area contributed by atoms with E-state index >= 15 is 0 Å².